The zero-order valence-corrected chi connectivity index (χ0v) is 21.2. The minimum Gasteiger partial charge on any atom is -0.106 e. The second-order valence-electron chi connectivity index (χ2n) is 5.04. The number of rotatable bonds is 0. The summed E-state index contributed by atoms with van der Waals surface area (Å²) >= 11 is 0. The maximum atomic E-state index is 4.93. The second kappa shape index (κ2) is 31.8. The molecule has 42 heavy (non-hydrogen) atoms. The Morgan fingerprint density at radius 1 is 0.119 bits per heavy atom. The molecular weight excluding hydrogens is 504 g/mol. The van der Waals surface area contributed by atoms with Crippen molar-refractivity contribution in [2.45, 2.75) is 0 Å². The molecule has 0 aliphatic heterocycles. The van der Waals surface area contributed by atoms with Crippen LogP contribution >= 0.6 is 0 Å². The lowest BCUT2D eigenvalue weighted by molar-refractivity contribution is 2.32. The molecule has 0 amide bonds. The normalized spacial score (nSPS) is 3.86. The molecule has 0 spiro atoms. The Bertz CT molecular complexity index is 2280. The summed E-state index contributed by atoms with van der Waals surface area (Å²) in [6.45, 7) is 0. The van der Waals surface area contributed by atoms with Gasteiger partial charge in [0, 0.05) is 142 Å². The first-order valence-electron chi connectivity index (χ1n) is 10.3. The number of terminal acetylenes is 2. The van der Waals surface area contributed by atoms with Crippen LogP contribution in [0.3, 0.4) is 0 Å². The highest BCUT2D eigenvalue weighted by Crippen LogP contribution is 1.61. The van der Waals surface area contributed by atoms with Gasteiger partial charge in [-0.15, -0.1) is 12.8 Å². The summed E-state index contributed by atoms with van der Waals surface area (Å²) in [5.41, 5.74) is 0. The average molecular weight is 506 g/mol. The largest absolute Gasteiger partial charge is 0.106 e. The van der Waals surface area contributed by atoms with E-state index in [9.17, 15) is 0 Å². The van der Waals surface area contributed by atoms with E-state index in [0.717, 1.165) is 0 Å². The van der Waals surface area contributed by atoms with E-state index in [1.54, 1.807) is 0 Å². The Labute approximate surface area is 249 Å². The summed E-state index contributed by atoms with van der Waals surface area (Å²) in [7, 11) is 0. The van der Waals surface area contributed by atoms with Crippen LogP contribution in [-0.2, 0) is 0 Å². The smallest absolute Gasteiger partial charge is 0 e. The van der Waals surface area contributed by atoms with Gasteiger partial charge in [0.05, 0.1) is 0 Å². The van der Waals surface area contributed by atoms with E-state index >= 15 is 0 Å². The quantitative estimate of drug-likeness (QED) is 0.416. The summed E-state index contributed by atoms with van der Waals surface area (Å²) in [5, 5.41) is 0. The fraction of sp³-hybridized carbons (Fsp3) is 0. The molecule has 0 bridgehead atoms. The average Bonchev–Trinajstić information content (AvgIpc) is 3.00. The molecule has 0 nitrogen and oxygen atoms in total. The molecule has 0 fully saturated rings. The third-order valence-corrected chi connectivity index (χ3v) is 2.46. The van der Waals surface area contributed by atoms with Gasteiger partial charge in [-0.25, -0.2) is 0 Å². The van der Waals surface area contributed by atoms with E-state index in [4.69, 9.17) is 12.8 Å². The van der Waals surface area contributed by atoms with Gasteiger partial charge in [-0.3, -0.25) is 0 Å². The van der Waals surface area contributed by atoms with Gasteiger partial charge in [0.15, 0.2) is 0 Å². The van der Waals surface area contributed by atoms with Crippen LogP contribution < -0.4 is 0 Å². The summed E-state index contributed by atoms with van der Waals surface area (Å²) in [6.07, 6.45) is 9.86. The van der Waals surface area contributed by atoms with Gasteiger partial charge in [0.25, 0.3) is 0 Å². The van der Waals surface area contributed by atoms with Gasteiger partial charge in [-0.2, -0.15) is 0 Å². The topological polar surface area (TPSA) is 0 Å². The van der Waals surface area contributed by atoms with Crippen LogP contribution in [0.4, 0.5) is 0 Å². The molecule has 0 rings (SSSR count). The first-order chi connectivity index (χ1) is 20.9. The molecule has 0 heterocycles. The van der Waals surface area contributed by atoms with Gasteiger partial charge >= 0.3 is 0 Å². The highest BCUT2D eigenvalue weighted by Gasteiger charge is 1.61. The maximum Gasteiger partial charge on any atom is 0 e. The molecule has 0 saturated heterocycles. The lowest BCUT2D eigenvalue weighted by Gasteiger charge is -1.57. The molecule has 0 aromatic rings. The van der Waals surface area contributed by atoms with Crippen LogP contribution in [0, 0.1) is 250 Å². The van der Waals surface area contributed by atoms with Crippen LogP contribution in [0.15, 0.2) is 0 Å². The van der Waals surface area contributed by atoms with Crippen molar-refractivity contribution < 1.29 is 0 Å². The standard InChI is InChI=1S/C42H2/c1-3-5-7-9-11-13-15-17-19-21-23-25-27-29-31-33-35-37-39-41-42-40-38-36-34-32-30-28-26-24-22-20-18-16-14-12-10-8-6-4-2/h1-2H. The summed E-state index contributed by atoms with van der Waals surface area (Å²) in [4.78, 5) is 0. The lowest BCUT2D eigenvalue weighted by atomic mass is 10.4. The number of hydrogen-bond donors (Lipinski definition) is 0. The minimum atomic E-state index is 2.12. The van der Waals surface area contributed by atoms with E-state index < -0.39 is 0 Å². The van der Waals surface area contributed by atoms with E-state index in [1.165, 1.54) is 0 Å². The van der Waals surface area contributed by atoms with Crippen LogP contribution in [-0.4, -0.2) is 0 Å². The SMILES string of the molecule is C#CC#CC#CC#CC#CC#CC#CC#CC#CC#CC#CC#CC#CC#CC#CC#CC#CC#CC#CC#CC#C. The molecule has 0 N–H and O–H groups in total. The van der Waals surface area contributed by atoms with Crippen molar-refractivity contribution in [2.24, 2.45) is 0 Å². The molecule has 0 aliphatic rings. The molecular formula is C42H2. The van der Waals surface area contributed by atoms with Crippen LogP contribution in [0.1, 0.15) is 0 Å². The van der Waals surface area contributed by atoms with Gasteiger partial charge in [0.1, 0.15) is 0 Å². The third-order valence-electron chi connectivity index (χ3n) is 2.46. The second-order valence-corrected chi connectivity index (χ2v) is 5.04. The Morgan fingerprint density at radius 2 is 0.190 bits per heavy atom. The molecule has 0 aromatic carbocycles. The van der Waals surface area contributed by atoms with Crippen LogP contribution in [0.2, 0.25) is 0 Å². The van der Waals surface area contributed by atoms with E-state index in [2.05, 4.69) is 237 Å². The molecule has 0 aromatic heterocycles. The van der Waals surface area contributed by atoms with Crippen molar-refractivity contribution in [3.8, 4) is 250 Å². The lowest BCUT2D eigenvalue weighted by Crippen LogP contribution is -1.57. The zero-order valence-electron chi connectivity index (χ0n) is 21.2. The summed E-state index contributed by atoms with van der Waals surface area (Å²) in [6, 6.07) is 0. The Morgan fingerprint density at radius 3 is 0.262 bits per heavy atom. The molecule has 170 valence electrons. The van der Waals surface area contributed by atoms with Crippen LogP contribution in [0.25, 0.3) is 0 Å². The molecule has 0 heteroatoms. The van der Waals surface area contributed by atoms with Gasteiger partial charge in [-0.05, 0) is 94.7 Å². The van der Waals surface area contributed by atoms with E-state index in [1.807, 2.05) is 0 Å². The molecule has 0 atom stereocenters. The third kappa shape index (κ3) is 30.8. The minimum absolute atomic E-state index is 2.12. The molecule has 0 saturated carbocycles. The van der Waals surface area contributed by atoms with Gasteiger partial charge < -0.3 is 0 Å². The van der Waals surface area contributed by atoms with Gasteiger partial charge in [-0.1, -0.05) is 0 Å². The maximum absolute atomic E-state index is 4.93. The predicted octanol–water partition coefficient (Wildman–Crippen LogP) is 0.317. The fourth-order valence-electron chi connectivity index (χ4n) is 1.20. The van der Waals surface area contributed by atoms with Crippen molar-refractivity contribution in [1.29, 1.82) is 0 Å². The Kier molecular flexibility index (Phi) is 24.8. The first kappa shape index (κ1) is 32.8. The van der Waals surface area contributed by atoms with Crippen molar-refractivity contribution in [1.82, 2.24) is 0 Å². The molecule has 0 unspecified atom stereocenters. The van der Waals surface area contributed by atoms with E-state index in [0.29, 0.717) is 0 Å². The van der Waals surface area contributed by atoms with Gasteiger partial charge in [0.2, 0.25) is 0 Å². The monoisotopic (exact) mass is 506 g/mol. The Balaban J connectivity index is 4.53. The highest BCUT2D eigenvalue weighted by molar-refractivity contribution is 5.50. The van der Waals surface area contributed by atoms with Crippen molar-refractivity contribution >= 4 is 0 Å². The fourth-order valence-corrected chi connectivity index (χ4v) is 1.20. The van der Waals surface area contributed by atoms with E-state index in [-0.39, 0.29) is 0 Å². The number of hydrogen-bond acceptors (Lipinski definition) is 0. The summed E-state index contributed by atoms with van der Waals surface area (Å²) < 4.78 is 0. The Hall–Kier alpha value is -9.24. The van der Waals surface area contributed by atoms with Crippen molar-refractivity contribution in [3.63, 3.8) is 0 Å². The zero-order chi connectivity index (χ0) is 30.3. The van der Waals surface area contributed by atoms with Crippen LogP contribution in [0.5, 0.6) is 0 Å². The van der Waals surface area contributed by atoms with Crippen molar-refractivity contribution in [3.05, 3.63) is 0 Å². The first-order valence-corrected chi connectivity index (χ1v) is 10.3. The van der Waals surface area contributed by atoms with Crippen molar-refractivity contribution in [2.75, 3.05) is 0 Å². The molecule has 0 radical (unpaired) electrons. The highest BCUT2D eigenvalue weighted by atomic mass is 13.6. The predicted molar refractivity (Wildman–Crippen MR) is 165 cm³/mol. The molecule has 0 aliphatic carbocycles. The summed E-state index contributed by atoms with van der Waals surface area (Å²) in [5.74, 6) is 98.1.